The van der Waals surface area contributed by atoms with Gasteiger partial charge in [-0.05, 0) is 37.1 Å². The molecule has 1 aliphatic rings. The van der Waals surface area contributed by atoms with E-state index in [0.717, 1.165) is 30.7 Å². The van der Waals surface area contributed by atoms with Gasteiger partial charge in [0, 0.05) is 22.0 Å². The average molecular weight is 393 g/mol. The number of esters is 1. The number of amides is 1. The quantitative estimate of drug-likeness (QED) is 0.700. The van der Waals surface area contributed by atoms with Gasteiger partial charge < -0.3 is 9.64 Å². The second-order valence-electron chi connectivity index (χ2n) is 6.35. The van der Waals surface area contributed by atoms with Crippen molar-refractivity contribution in [2.45, 2.75) is 44.7 Å². The summed E-state index contributed by atoms with van der Waals surface area (Å²) in [5, 5.41) is 3.01. The van der Waals surface area contributed by atoms with Crippen LogP contribution in [-0.2, 0) is 11.3 Å². The number of ether oxygens (including phenoxy) is 1. The van der Waals surface area contributed by atoms with Crippen LogP contribution in [0.25, 0.3) is 0 Å². The molecule has 1 amide bonds. The number of carbonyl (C=O) groups excluding carboxylic acids is 2. The van der Waals surface area contributed by atoms with Gasteiger partial charge in [0.2, 0.25) is 0 Å². The maximum absolute atomic E-state index is 13.1. The number of benzene rings is 1. The highest BCUT2D eigenvalue weighted by molar-refractivity contribution is 7.09. The predicted molar refractivity (Wildman–Crippen MR) is 102 cm³/mol. The molecule has 1 heterocycles. The third kappa shape index (κ3) is 4.43. The molecule has 0 bridgehead atoms. The van der Waals surface area contributed by atoms with Crippen molar-refractivity contribution in [3.63, 3.8) is 0 Å². The van der Waals surface area contributed by atoms with Gasteiger partial charge in [-0.15, -0.1) is 11.3 Å². The number of nitrogens with zero attached hydrogens (tertiary/aromatic N) is 2. The Hall–Kier alpha value is -1.92. The summed E-state index contributed by atoms with van der Waals surface area (Å²) in [6.07, 6.45) is 5.45. The van der Waals surface area contributed by atoms with Gasteiger partial charge in [0.15, 0.2) is 5.69 Å². The molecule has 3 rings (SSSR count). The molecule has 0 spiro atoms. The molecule has 1 aromatic carbocycles. The molecule has 1 aliphatic carbocycles. The molecule has 0 atom stereocenters. The second-order valence-corrected chi connectivity index (χ2v) is 7.73. The summed E-state index contributed by atoms with van der Waals surface area (Å²) in [6.45, 7) is 0.397. The molecule has 138 valence electrons. The highest BCUT2D eigenvalue weighted by Gasteiger charge is 2.27. The Bertz CT molecular complexity index is 769. The molecular weight excluding hydrogens is 372 g/mol. The number of carbonyl (C=O) groups is 2. The Labute approximate surface area is 161 Å². The first-order chi connectivity index (χ1) is 12.6. The Morgan fingerprint density at radius 3 is 2.58 bits per heavy atom. The van der Waals surface area contributed by atoms with Crippen molar-refractivity contribution in [2.75, 3.05) is 7.11 Å². The van der Waals surface area contributed by atoms with Crippen LogP contribution in [-0.4, -0.2) is 34.9 Å². The van der Waals surface area contributed by atoms with E-state index >= 15 is 0 Å². The van der Waals surface area contributed by atoms with Crippen LogP contribution < -0.4 is 0 Å². The zero-order valence-electron chi connectivity index (χ0n) is 14.6. The molecule has 0 saturated heterocycles. The molecule has 1 fully saturated rings. The van der Waals surface area contributed by atoms with Gasteiger partial charge in [-0.1, -0.05) is 30.9 Å². The Morgan fingerprint density at radius 1 is 1.23 bits per heavy atom. The van der Waals surface area contributed by atoms with Crippen LogP contribution in [0, 0.1) is 0 Å². The topological polar surface area (TPSA) is 59.5 Å². The van der Waals surface area contributed by atoms with Crippen LogP contribution in [0.2, 0.25) is 5.02 Å². The van der Waals surface area contributed by atoms with E-state index in [9.17, 15) is 9.59 Å². The van der Waals surface area contributed by atoms with Gasteiger partial charge >= 0.3 is 5.97 Å². The highest BCUT2D eigenvalue weighted by atomic mass is 35.5. The van der Waals surface area contributed by atoms with Crippen LogP contribution in [0.15, 0.2) is 29.6 Å². The predicted octanol–water partition coefficient (Wildman–Crippen LogP) is 4.56. The SMILES string of the molecule is COC(=O)c1csc(CN(C(=O)c2ccc(Cl)cc2)C2CCCCC2)n1. The summed E-state index contributed by atoms with van der Waals surface area (Å²) >= 11 is 7.32. The van der Waals surface area contributed by atoms with E-state index in [1.807, 2.05) is 4.90 Å². The lowest BCUT2D eigenvalue weighted by atomic mass is 9.93. The van der Waals surface area contributed by atoms with Crippen LogP contribution in [0.1, 0.15) is 58.0 Å². The van der Waals surface area contributed by atoms with E-state index in [0.29, 0.717) is 17.1 Å². The lowest BCUT2D eigenvalue weighted by Gasteiger charge is -2.34. The van der Waals surface area contributed by atoms with Crippen molar-refractivity contribution in [3.8, 4) is 0 Å². The fourth-order valence-electron chi connectivity index (χ4n) is 3.25. The van der Waals surface area contributed by atoms with Crippen LogP contribution in [0.3, 0.4) is 0 Å². The van der Waals surface area contributed by atoms with Crippen molar-refractivity contribution >= 4 is 34.8 Å². The molecule has 0 N–H and O–H groups in total. The summed E-state index contributed by atoms with van der Waals surface area (Å²) in [6, 6.07) is 7.15. The number of methoxy groups -OCH3 is 1. The third-order valence-corrected chi connectivity index (χ3v) is 5.70. The summed E-state index contributed by atoms with van der Waals surface area (Å²) in [7, 11) is 1.33. The zero-order valence-corrected chi connectivity index (χ0v) is 16.2. The number of hydrogen-bond acceptors (Lipinski definition) is 5. The fourth-order valence-corrected chi connectivity index (χ4v) is 4.13. The number of aromatic nitrogens is 1. The summed E-state index contributed by atoms with van der Waals surface area (Å²) < 4.78 is 4.71. The monoisotopic (exact) mass is 392 g/mol. The van der Waals surface area contributed by atoms with Crippen LogP contribution >= 0.6 is 22.9 Å². The van der Waals surface area contributed by atoms with E-state index in [4.69, 9.17) is 16.3 Å². The Morgan fingerprint density at radius 2 is 1.92 bits per heavy atom. The number of halogens is 1. The Balaban J connectivity index is 1.83. The molecule has 0 aliphatic heterocycles. The third-order valence-electron chi connectivity index (χ3n) is 4.62. The number of thiazole rings is 1. The number of rotatable bonds is 5. The molecule has 0 unspecified atom stereocenters. The van der Waals surface area contributed by atoms with E-state index in [-0.39, 0.29) is 17.6 Å². The summed E-state index contributed by atoms with van der Waals surface area (Å²) in [5.74, 6) is -0.482. The molecule has 2 aromatic rings. The van der Waals surface area contributed by atoms with Crippen LogP contribution in [0.5, 0.6) is 0 Å². The van der Waals surface area contributed by atoms with Crippen molar-refractivity contribution in [1.29, 1.82) is 0 Å². The zero-order chi connectivity index (χ0) is 18.5. The van der Waals surface area contributed by atoms with Gasteiger partial charge in [-0.2, -0.15) is 0 Å². The van der Waals surface area contributed by atoms with Crippen molar-refractivity contribution in [1.82, 2.24) is 9.88 Å². The Kier molecular flexibility index (Phi) is 6.27. The molecule has 26 heavy (non-hydrogen) atoms. The van der Waals surface area contributed by atoms with E-state index in [2.05, 4.69) is 4.98 Å². The van der Waals surface area contributed by atoms with Crippen molar-refractivity contribution in [2.24, 2.45) is 0 Å². The van der Waals surface area contributed by atoms with E-state index in [1.165, 1.54) is 24.9 Å². The van der Waals surface area contributed by atoms with Gasteiger partial charge in [0.25, 0.3) is 5.91 Å². The first-order valence-electron chi connectivity index (χ1n) is 8.67. The van der Waals surface area contributed by atoms with Crippen LogP contribution in [0.4, 0.5) is 0 Å². The largest absolute Gasteiger partial charge is 0.464 e. The number of hydrogen-bond donors (Lipinski definition) is 0. The maximum atomic E-state index is 13.1. The summed E-state index contributed by atoms with van der Waals surface area (Å²) in [5.41, 5.74) is 0.903. The lowest BCUT2D eigenvalue weighted by Crippen LogP contribution is -2.41. The summed E-state index contributed by atoms with van der Waals surface area (Å²) in [4.78, 5) is 31.0. The average Bonchev–Trinajstić information content (AvgIpc) is 3.15. The molecule has 0 radical (unpaired) electrons. The molecule has 7 heteroatoms. The molecule has 1 aromatic heterocycles. The van der Waals surface area contributed by atoms with Crippen molar-refractivity contribution < 1.29 is 14.3 Å². The van der Waals surface area contributed by atoms with E-state index < -0.39 is 5.97 Å². The first-order valence-corrected chi connectivity index (χ1v) is 9.93. The van der Waals surface area contributed by atoms with Gasteiger partial charge in [0.1, 0.15) is 5.01 Å². The minimum absolute atomic E-state index is 0.0246. The highest BCUT2D eigenvalue weighted by Crippen LogP contribution is 2.27. The minimum atomic E-state index is -0.458. The molecular formula is C19H21ClN2O3S. The van der Waals surface area contributed by atoms with E-state index in [1.54, 1.807) is 29.6 Å². The van der Waals surface area contributed by atoms with Crippen molar-refractivity contribution in [3.05, 3.63) is 50.9 Å². The smallest absolute Gasteiger partial charge is 0.357 e. The maximum Gasteiger partial charge on any atom is 0.357 e. The lowest BCUT2D eigenvalue weighted by molar-refractivity contribution is 0.0594. The standard InChI is InChI=1S/C19H21ClN2O3S/c1-25-19(24)16-12-26-17(21-16)11-22(15-5-3-2-4-6-15)18(23)13-7-9-14(20)10-8-13/h7-10,12,15H,2-6,11H2,1H3. The first kappa shape index (κ1) is 18.9. The van der Waals surface area contributed by atoms with Gasteiger partial charge in [-0.3, -0.25) is 4.79 Å². The normalized spacial score (nSPS) is 14.8. The fraction of sp³-hybridized carbons (Fsp3) is 0.421. The second kappa shape index (κ2) is 8.64. The van der Waals surface area contributed by atoms with Gasteiger partial charge in [-0.25, -0.2) is 9.78 Å². The van der Waals surface area contributed by atoms with Gasteiger partial charge in [0.05, 0.1) is 13.7 Å². The minimum Gasteiger partial charge on any atom is -0.464 e. The molecule has 1 saturated carbocycles. The molecule has 5 nitrogen and oxygen atoms in total.